The molecule has 206 valence electrons. The summed E-state index contributed by atoms with van der Waals surface area (Å²) in [7, 11) is 0. The number of halogens is 6. The Balaban J connectivity index is 2.25. The predicted molar refractivity (Wildman–Crippen MR) is 143 cm³/mol. The summed E-state index contributed by atoms with van der Waals surface area (Å²) >= 11 is 0. The molecule has 0 saturated heterocycles. The first kappa shape index (κ1) is 29.6. The quantitative estimate of drug-likeness (QED) is 0.259. The van der Waals surface area contributed by atoms with Gasteiger partial charge < -0.3 is 4.90 Å². The van der Waals surface area contributed by atoms with Gasteiger partial charge in [0, 0.05) is 11.2 Å². The average molecular weight is 536 g/mol. The van der Waals surface area contributed by atoms with Gasteiger partial charge in [0.25, 0.3) is 0 Å². The van der Waals surface area contributed by atoms with Crippen LogP contribution in [-0.4, -0.2) is 5.54 Å². The second-order valence-corrected chi connectivity index (χ2v) is 10.6. The lowest BCUT2D eigenvalue weighted by Crippen LogP contribution is -2.41. The van der Waals surface area contributed by atoms with E-state index in [2.05, 4.69) is 0 Å². The van der Waals surface area contributed by atoms with Gasteiger partial charge in [0.1, 0.15) is 0 Å². The van der Waals surface area contributed by atoms with Crippen LogP contribution in [0.2, 0.25) is 0 Å². The molecule has 0 aliphatic carbocycles. The summed E-state index contributed by atoms with van der Waals surface area (Å²) in [6.07, 6.45) is -7.44. The van der Waals surface area contributed by atoms with Crippen molar-refractivity contribution in [3.05, 3.63) is 82.9 Å². The van der Waals surface area contributed by atoms with Crippen molar-refractivity contribution in [2.45, 2.75) is 84.6 Å². The first-order chi connectivity index (χ1) is 17.6. The van der Waals surface area contributed by atoms with Crippen molar-refractivity contribution in [1.82, 2.24) is 0 Å². The van der Waals surface area contributed by atoms with E-state index >= 15 is 0 Å². The lowest BCUT2D eigenvalue weighted by atomic mass is 9.89. The van der Waals surface area contributed by atoms with E-state index in [0.29, 0.717) is 18.5 Å². The van der Waals surface area contributed by atoms with E-state index in [1.165, 1.54) is 24.3 Å². The van der Waals surface area contributed by atoms with Gasteiger partial charge in [-0.1, -0.05) is 63.1 Å². The molecular weight excluding hydrogens is 500 g/mol. The molecule has 38 heavy (non-hydrogen) atoms. The van der Waals surface area contributed by atoms with Crippen molar-refractivity contribution in [2.24, 2.45) is 0 Å². The zero-order valence-electron chi connectivity index (χ0n) is 22.7. The van der Waals surface area contributed by atoms with Gasteiger partial charge in [-0.05, 0) is 86.6 Å². The Bertz CT molecular complexity index is 1240. The van der Waals surface area contributed by atoms with Crippen molar-refractivity contribution in [3.8, 4) is 11.1 Å². The average Bonchev–Trinajstić information content (AvgIpc) is 2.83. The van der Waals surface area contributed by atoms with Crippen molar-refractivity contribution in [3.63, 3.8) is 0 Å². The molecule has 1 atom stereocenters. The Kier molecular flexibility index (Phi) is 8.59. The van der Waals surface area contributed by atoms with E-state index in [4.69, 9.17) is 0 Å². The topological polar surface area (TPSA) is 3.24 Å². The van der Waals surface area contributed by atoms with E-state index < -0.39 is 29.0 Å². The van der Waals surface area contributed by atoms with Gasteiger partial charge in [0.15, 0.2) is 0 Å². The predicted octanol–water partition coefficient (Wildman–Crippen LogP) is 10.9. The molecule has 3 rings (SSSR count). The zero-order valence-corrected chi connectivity index (χ0v) is 22.7. The Morgan fingerprint density at radius 3 is 1.76 bits per heavy atom. The molecule has 0 aromatic heterocycles. The Hall–Kier alpha value is -2.96. The first-order valence-electron chi connectivity index (χ1n) is 12.9. The minimum atomic E-state index is -4.72. The molecule has 0 N–H and O–H groups in total. The van der Waals surface area contributed by atoms with E-state index in [1.807, 2.05) is 39.8 Å². The van der Waals surface area contributed by atoms with Crippen LogP contribution in [0.15, 0.2) is 60.7 Å². The van der Waals surface area contributed by atoms with Crippen molar-refractivity contribution < 1.29 is 26.3 Å². The van der Waals surface area contributed by atoms with E-state index in [-0.39, 0.29) is 28.3 Å². The molecule has 0 spiro atoms. The first-order valence-corrected chi connectivity index (χ1v) is 12.9. The van der Waals surface area contributed by atoms with Gasteiger partial charge in [-0.25, -0.2) is 0 Å². The van der Waals surface area contributed by atoms with E-state index in [1.54, 1.807) is 30.9 Å². The second kappa shape index (κ2) is 11.0. The number of benzene rings is 3. The van der Waals surface area contributed by atoms with Crippen molar-refractivity contribution in [2.75, 3.05) is 4.90 Å². The normalized spacial score (nSPS) is 13.5. The molecule has 0 heterocycles. The van der Waals surface area contributed by atoms with Gasteiger partial charge >= 0.3 is 12.4 Å². The summed E-state index contributed by atoms with van der Waals surface area (Å²) in [5.41, 5.74) is -0.479. The van der Waals surface area contributed by atoms with Crippen LogP contribution in [0, 0.1) is 6.92 Å². The molecule has 3 aromatic rings. The Morgan fingerprint density at radius 2 is 1.26 bits per heavy atom. The fourth-order valence-corrected chi connectivity index (χ4v) is 5.00. The van der Waals surface area contributed by atoms with Gasteiger partial charge in [0.2, 0.25) is 0 Å². The van der Waals surface area contributed by atoms with E-state index in [9.17, 15) is 26.3 Å². The highest BCUT2D eigenvalue weighted by Crippen LogP contribution is 2.46. The Labute approximate surface area is 221 Å². The minimum absolute atomic E-state index is 0.0316. The molecule has 0 aliphatic heterocycles. The monoisotopic (exact) mass is 535 g/mol. The molecule has 1 unspecified atom stereocenters. The molecule has 1 nitrogen and oxygen atoms in total. The minimum Gasteiger partial charge on any atom is -0.335 e. The zero-order chi connectivity index (χ0) is 28.5. The van der Waals surface area contributed by atoms with Crippen LogP contribution in [0.3, 0.4) is 0 Å². The standard InChI is InChI=1S/C31H35F6N/c1-7-17-29(5,6)38(24-13-9-20(3)10-14-24)28-16-12-23(19-27(28)31(35,36)37)22-11-15-25(21(4)8-2)26(18-22)30(32,33)34/h9-16,18-19,21H,7-8,17H2,1-6H3. The van der Waals surface area contributed by atoms with E-state index in [0.717, 1.165) is 24.1 Å². The molecule has 3 aromatic carbocycles. The maximum Gasteiger partial charge on any atom is 0.418 e. The van der Waals surface area contributed by atoms with Crippen molar-refractivity contribution >= 4 is 11.4 Å². The molecular formula is C31H35F6N. The third kappa shape index (κ3) is 6.36. The number of aryl methyl sites for hydroxylation is 1. The summed E-state index contributed by atoms with van der Waals surface area (Å²) < 4.78 is 85.3. The number of nitrogens with zero attached hydrogens (tertiary/aromatic N) is 1. The molecule has 0 saturated carbocycles. The lowest BCUT2D eigenvalue weighted by Gasteiger charge is -2.42. The number of alkyl halides is 6. The van der Waals surface area contributed by atoms with Crippen LogP contribution in [0.4, 0.5) is 37.7 Å². The summed E-state index contributed by atoms with van der Waals surface area (Å²) in [6, 6.07) is 15.0. The van der Waals surface area contributed by atoms with Crippen molar-refractivity contribution in [1.29, 1.82) is 0 Å². The number of hydrogen-bond acceptors (Lipinski definition) is 1. The van der Waals surface area contributed by atoms with Crippen LogP contribution in [0.25, 0.3) is 11.1 Å². The maximum atomic E-state index is 14.5. The second-order valence-electron chi connectivity index (χ2n) is 10.6. The van der Waals surface area contributed by atoms with Crippen LogP contribution < -0.4 is 4.90 Å². The van der Waals surface area contributed by atoms with Crippen LogP contribution in [0.1, 0.15) is 82.1 Å². The summed E-state index contributed by atoms with van der Waals surface area (Å²) in [4.78, 5) is 1.69. The SMILES string of the molecule is CCCC(C)(C)N(c1ccc(C)cc1)c1ccc(-c2ccc(C(C)CC)c(C(F)(F)F)c2)cc1C(F)(F)F. The summed E-state index contributed by atoms with van der Waals surface area (Å²) in [5.74, 6) is -0.336. The van der Waals surface area contributed by atoms with Crippen LogP contribution in [-0.2, 0) is 12.4 Å². The molecule has 0 aliphatic rings. The van der Waals surface area contributed by atoms with Gasteiger partial charge in [-0.3, -0.25) is 0 Å². The Morgan fingerprint density at radius 1 is 0.737 bits per heavy atom. The fraction of sp³-hybridized carbons (Fsp3) is 0.419. The largest absolute Gasteiger partial charge is 0.418 e. The summed E-state index contributed by atoms with van der Waals surface area (Å²) in [6.45, 7) is 11.2. The highest BCUT2D eigenvalue weighted by Gasteiger charge is 2.39. The third-order valence-corrected chi connectivity index (χ3v) is 7.14. The molecule has 7 heteroatoms. The molecule has 0 bridgehead atoms. The van der Waals surface area contributed by atoms with Crippen LogP contribution in [0.5, 0.6) is 0 Å². The fourth-order valence-electron chi connectivity index (χ4n) is 5.00. The highest BCUT2D eigenvalue weighted by molar-refractivity contribution is 5.75. The third-order valence-electron chi connectivity index (χ3n) is 7.14. The lowest BCUT2D eigenvalue weighted by molar-refractivity contribution is -0.138. The smallest absolute Gasteiger partial charge is 0.335 e. The van der Waals surface area contributed by atoms with Crippen LogP contribution >= 0.6 is 0 Å². The van der Waals surface area contributed by atoms with Gasteiger partial charge in [-0.15, -0.1) is 0 Å². The number of anilines is 2. The van der Waals surface area contributed by atoms with Gasteiger partial charge in [-0.2, -0.15) is 26.3 Å². The molecule has 0 fully saturated rings. The van der Waals surface area contributed by atoms with Gasteiger partial charge in [0.05, 0.1) is 16.8 Å². The molecule has 0 amide bonds. The number of hydrogen-bond donors (Lipinski definition) is 0. The summed E-state index contributed by atoms with van der Waals surface area (Å²) in [5, 5.41) is 0. The highest BCUT2D eigenvalue weighted by atomic mass is 19.4. The number of rotatable bonds is 8. The maximum absolute atomic E-state index is 14.5. The molecule has 0 radical (unpaired) electrons.